The Bertz CT molecular complexity index is 811. The molecule has 1 aromatic carbocycles. The summed E-state index contributed by atoms with van der Waals surface area (Å²) >= 11 is 11.6. The summed E-state index contributed by atoms with van der Waals surface area (Å²) in [6, 6.07) is 3.88. The van der Waals surface area contributed by atoms with Crippen molar-refractivity contribution in [3.05, 3.63) is 46.3 Å². The molecule has 2 aromatic rings. The van der Waals surface area contributed by atoms with Gasteiger partial charge in [-0.2, -0.15) is 0 Å². The van der Waals surface area contributed by atoms with E-state index in [2.05, 4.69) is 9.97 Å². The zero-order chi connectivity index (χ0) is 15.6. The van der Waals surface area contributed by atoms with Gasteiger partial charge in [-0.05, 0) is 18.2 Å². The summed E-state index contributed by atoms with van der Waals surface area (Å²) < 4.78 is 26.5. The zero-order valence-electron chi connectivity index (χ0n) is 10.1. The lowest BCUT2D eigenvalue weighted by molar-refractivity contribution is 0.0691. The van der Waals surface area contributed by atoms with E-state index in [1.54, 1.807) is 0 Å². The number of anilines is 1. The fourth-order valence-corrected chi connectivity index (χ4v) is 3.21. The molecule has 0 saturated heterocycles. The average Bonchev–Trinajstić information content (AvgIpc) is 2.41. The highest BCUT2D eigenvalue weighted by molar-refractivity contribution is 7.92. The van der Waals surface area contributed by atoms with Crippen LogP contribution in [0, 0.1) is 0 Å². The molecule has 0 spiro atoms. The number of halogens is 2. The predicted molar refractivity (Wildman–Crippen MR) is 76.3 cm³/mol. The van der Waals surface area contributed by atoms with E-state index < -0.39 is 27.5 Å². The molecule has 0 aliphatic heterocycles. The summed E-state index contributed by atoms with van der Waals surface area (Å²) in [5, 5.41) is 9.05. The summed E-state index contributed by atoms with van der Waals surface area (Å²) in [5.74, 6) is -1.83. The normalized spacial score (nSPS) is 11.1. The SMILES string of the molecule is O=C(O)c1nccnc1NS(=O)(=O)c1cc(Cl)ccc1Cl. The number of aromatic carboxylic acids is 1. The van der Waals surface area contributed by atoms with Crippen molar-refractivity contribution in [3.8, 4) is 0 Å². The first kappa shape index (κ1) is 15.5. The van der Waals surface area contributed by atoms with E-state index in [0.717, 1.165) is 18.5 Å². The highest BCUT2D eigenvalue weighted by atomic mass is 35.5. The molecule has 2 rings (SSSR count). The van der Waals surface area contributed by atoms with Crippen molar-refractivity contribution in [2.24, 2.45) is 0 Å². The third-order valence-corrected chi connectivity index (χ3v) is 4.37. The summed E-state index contributed by atoms with van der Waals surface area (Å²) in [4.78, 5) is 17.9. The van der Waals surface area contributed by atoms with Gasteiger partial charge in [0.1, 0.15) is 4.90 Å². The van der Waals surface area contributed by atoms with Crippen LogP contribution in [-0.4, -0.2) is 29.5 Å². The van der Waals surface area contributed by atoms with Gasteiger partial charge >= 0.3 is 5.97 Å². The lowest BCUT2D eigenvalue weighted by Gasteiger charge is -2.10. The molecule has 0 radical (unpaired) electrons. The molecule has 0 aliphatic rings. The fourth-order valence-electron chi connectivity index (χ4n) is 1.43. The summed E-state index contributed by atoms with van der Waals surface area (Å²) in [6.45, 7) is 0. The van der Waals surface area contributed by atoms with Gasteiger partial charge in [0.2, 0.25) is 0 Å². The van der Waals surface area contributed by atoms with Gasteiger partial charge in [0.25, 0.3) is 10.0 Å². The number of rotatable bonds is 4. The van der Waals surface area contributed by atoms with Crippen LogP contribution in [0.4, 0.5) is 5.82 Å². The minimum absolute atomic E-state index is 0.0623. The van der Waals surface area contributed by atoms with E-state index >= 15 is 0 Å². The topological polar surface area (TPSA) is 109 Å². The number of hydrogen-bond acceptors (Lipinski definition) is 5. The molecule has 0 atom stereocenters. The predicted octanol–water partition coefficient (Wildman–Crippen LogP) is 2.28. The molecule has 0 bridgehead atoms. The minimum Gasteiger partial charge on any atom is -0.476 e. The minimum atomic E-state index is -4.15. The number of nitrogens with zero attached hydrogens (tertiary/aromatic N) is 2. The molecule has 0 amide bonds. The lowest BCUT2D eigenvalue weighted by atomic mass is 10.4. The van der Waals surface area contributed by atoms with Gasteiger partial charge in [0, 0.05) is 17.4 Å². The van der Waals surface area contributed by atoms with Crippen molar-refractivity contribution in [1.82, 2.24) is 9.97 Å². The number of sulfonamides is 1. The molecular weight excluding hydrogens is 341 g/mol. The van der Waals surface area contributed by atoms with Gasteiger partial charge in [0.05, 0.1) is 5.02 Å². The zero-order valence-corrected chi connectivity index (χ0v) is 12.4. The van der Waals surface area contributed by atoms with Crippen molar-refractivity contribution in [2.75, 3.05) is 4.72 Å². The van der Waals surface area contributed by atoms with Gasteiger partial charge < -0.3 is 5.11 Å². The maximum Gasteiger partial charge on any atom is 0.358 e. The van der Waals surface area contributed by atoms with Crippen LogP contribution < -0.4 is 4.72 Å². The molecule has 1 aromatic heterocycles. The Morgan fingerprint density at radius 2 is 1.86 bits per heavy atom. The second kappa shape index (κ2) is 5.84. The standard InChI is InChI=1S/C11H7Cl2N3O4S/c12-6-1-2-7(13)8(5-6)21(19,20)16-10-9(11(17)18)14-3-4-15-10/h1-5H,(H,15,16)(H,17,18). The van der Waals surface area contributed by atoms with Crippen LogP contribution in [0.5, 0.6) is 0 Å². The first-order valence-corrected chi connectivity index (χ1v) is 7.57. The van der Waals surface area contributed by atoms with Crippen molar-refractivity contribution < 1.29 is 18.3 Å². The van der Waals surface area contributed by atoms with Gasteiger partial charge in [-0.25, -0.2) is 23.2 Å². The molecule has 2 N–H and O–H groups in total. The largest absolute Gasteiger partial charge is 0.476 e. The maximum atomic E-state index is 12.2. The monoisotopic (exact) mass is 347 g/mol. The molecule has 21 heavy (non-hydrogen) atoms. The van der Waals surface area contributed by atoms with Crippen molar-refractivity contribution in [3.63, 3.8) is 0 Å². The lowest BCUT2D eigenvalue weighted by Crippen LogP contribution is -2.18. The highest BCUT2D eigenvalue weighted by Crippen LogP contribution is 2.26. The first-order chi connectivity index (χ1) is 9.81. The number of nitrogens with one attached hydrogen (secondary N) is 1. The Balaban J connectivity index is 2.48. The highest BCUT2D eigenvalue weighted by Gasteiger charge is 2.22. The van der Waals surface area contributed by atoms with Crippen LogP contribution in [0.3, 0.4) is 0 Å². The number of benzene rings is 1. The fraction of sp³-hybridized carbons (Fsp3) is 0. The van der Waals surface area contributed by atoms with Crippen molar-refractivity contribution in [1.29, 1.82) is 0 Å². The van der Waals surface area contributed by atoms with E-state index in [0.29, 0.717) is 0 Å². The Kier molecular flexibility index (Phi) is 4.31. The number of carboxylic acid groups (broad SMARTS) is 1. The van der Waals surface area contributed by atoms with Crippen LogP contribution in [0.25, 0.3) is 0 Å². The molecule has 110 valence electrons. The summed E-state index contributed by atoms with van der Waals surface area (Å²) in [5.41, 5.74) is -0.528. The van der Waals surface area contributed by atoms with E-state index in [-0.39, 0.29) is 14.9 Å². The van der Waals surface area contributed by atoms with Crippen molar-refractivity contribution in [2.45, 2.75) is 4.90 Å². The van der Waals surface area contributed by atoms with Crippen LogP contribution in [0.1, 0.15) is 10.5 Å². The number of carbonyl (C=O) groups is 1. The molecule has 7 nitrogen and oxygen atoms in total. The second-order valence-corrected chi connectivity index (χ2v) is 6.23. The number of carboxylic acids is 1. The molecular formula is C11H7Cl2N3O4S. The third-order valence-electron chi connectivity index (χ3n) is 2.31. The van der Waals surface area contributed by atoms with Crippen LogP contribution in [-0.2, 0) is 10.0 Å². The average molecular weight is 348 g/mol. The molecule has 0 fully saturated rings. The molecule has 0 saturated carbocycles. The van der Waals surface area contributed by atoms with Gasteiger partial charge in [0.15, 0.2) is 11.5 Å². The first-order valence-electron chi connectivity index (χ1n) is 5.33. The van der Waals surface area contributed by atoms with E-state index in [4.69, 9.17) is 28.3 Å². The van der Waals surface area contributed by atoms with Crippen LogP contribution >= 0.6 is 23.2 Å². The van der Waals surface area contributed by atoms with E-state index in [9.17, 15) is 13.2 Å². The van der Waals surface area contributed by atoms with Crippen molar-refractivity contribution >= 4 is 45.0 Å². The number of hydrogen-bond donors (Lipinski definition) is 2. The summed E-state index contributed by atoms with van der Waals surface area (Å²) in [6.07, 6.45) is 2.29. The van der Waals surface area contributed by atoms with Crippen LogP contribution in [0.2, 0.25) is 10.0 Å². The molecule has 1 heterocycles. The third kappa shape index (κ3) is 3.41. The van der Waals surface area contributed by atoms with Gasteiger partial charge in [-0.15, -0.1) is 0 Å². The maximum absolute atomic E-state index is 12.2. The molecule has 10 heteroatoms. The molecule has 0 aliphatic carbocycles. The van der Waals surface area contributed by atoms with Gasteiger partial charge in [-0.1, -0.05) is 23.2 Å². The van der Waals surface area contributed by atoms with E-state index in [1.807, 2.05) is 4.72 Å². The second-order valence-electron chi connectivity index (χ2n) is 3.74. The Hall–Kier alpha value is -1.90. The summed E-state index contributed by atoms with van der Waals surface area (Å²) in [7, 11) is -4.15. The number of aromatic nitrogens is 2. The Labute approximate surface area is 129 Å². The quantitative estimate of drug-likeness (QED) is 0.877. The Morgan fingerprint density at radius 3 is 2.52 bits per heavy atom. The van der Waals surface area contributed by atoms with Gasteiger partial charge in [-0.3, -0.25) is 4.72 Å². The van der Waals surface area contributed by atoms with E-state index in [1.165, 1.54) is 12.1 Å². The molecule has 0 unspecified atom stereocenters. The smallest absolute Gasteiger partial charge is 0.358 e. The van der Waals surface area contributed by atoms with Crippen LogP contribution in [0.15, 0.2) is 35.5 Å². The Morgan fingerprint density at radius 1 is 1.19 bits per heavy atom.